The van der Waals surface area contributed by atoms with Gasteiger partial charge in [0.25, 0.3) is 5.69 Å². The fraction of sp³-hybridized carbons (Fsp3) is 0.316. The maximum Gasteiger partial charge on any atom is 0.295 e. The Morgan fingerprint density at radius 2 is 1.82 bits per heavy atom. The molecular weight excluding hydrogens is 380 g/mol. The van der Waals surface area contributed by atoms with E-state index < -0.39 is 14.9 Å². The van der Waals surface area contributed by atoms with Gasteiger partial charge in [0.05, 0.1) is 9.82 Å². The van der Waals surface area contributed by atoms with E-state index in [0.29, 0.717) is 0 Å². The smallest absolute Gasteiger partial charge is 0.272 e. The second-order valence-corrected chi connectivity index (χ2v) is 8.05. The normalized spacial score (nSPS) is 13.0. The number of nitro groups is 1. The summed E-state index contributed by atoms with van der Waals surface area (Å²) in [6, 6.07) is 13.5. The Morgan fingerprint density at radius 3 is 2.39 bits per heavy atom. The van der Waals surface area contributed by atoms with E-state index in [-0.39, 0.29) is 35.3 Å². The number of hydrogen-bond donors (Lipinski definition) is 1. The summed E-state index contributed by atoms with van der Waals surface area (Å²) in [6.07, 6.45) is 1.64. The zero-order chi connectivity index (χ0) is 20.7. The third kappa shape index (κ3) is 4.93. The van der Waals surface area contributed by atoms with Gasteiger partial charge in [-0.25, -0.2) is 8.42 Å². The Bertz CT molecular complexity index is 942. The SMILES string of the molecule is CCN(CC)S(=O)(=O)c1ccc(N/N=C\[C@H](C)c2ccccc2)c([N+](=O)[O-])c1. The van der Waals surface area contributed by atoms with Gasteiger partial charge in [-0.1, -0.05) is 51.1 Å². The Labute approximate surface area is 165 Å². The van der Waals surface area contributed by atoms with Gasteiger partial charge in [-0.05, 0) is 17.7 Å². The first-order valence-corrected chi connectivity index (χ1v) is 10.4. The lowest BCUT2D eigenvalue weighted by atomic mass is 10.0. The summed E-state index contributed by atoms with van der Waals surface area (Å²) >= 11 is 0. The van der Waals surface area contributed by atoms with Gasteiger partial charge in [0.2, 0.25) is 10.0 Å². The van der Waals surface area contributed by atoms with Crippen molar-refractivity contribution in [2.24, 2.45) is 5.10 Å². The molecule has 2 aromatic carbocycles. The topological polar surface area (TPSA) is 105 Å². The lowest BCUT2D eigenvalue weighted by Gasteiger charge is -2.18. The van der Waals surface area contributed by atoms with Crippen molar-refractivity contribution in [3.8, 4) is 0 Å². The minimum atomic E-state index is -3.78. The Balaban J connectivity index is 2.26. The number of nitro benzene ring substituents is 1. The minimum Gasteiger partial charge on any atom is -0.272 e. The molecule has 9 heteroatoms. The molecule has 0 aromatic heterocycles. The summed E-state index contributed by atoms with van der Waals surface area (Å²) in [4.78, 5) is 10.7. The molecule has 0 aliphatic carbocycles. The van der Waals surface area contributed by atoms with Crippen LogP contribution in [-0.2, 0) is 10.0 Å². The summed E-state index contributed by atoms with van der Waals surface area (Å²) in [6.45, 7) is 5.96. The van der Waals surface area contributed by atoms with Crippen molar-refractivity contribution < 1.29 is 13.3 Å². The zero-order valence-corrected chi connectivity index (χ0v) is 16.9. The molecule has 0 bridgehead atoms. The van der Waals surface area contributed by atoms with Crippen LogP contribution in [0.2, 0.25) is 0 Å². The predicted molar refractivity (Wildman–Crippen MR) is 110 cm³/mol. The van der Waals surface area contributed by atoms with Gasteiger partial charge in [0, 0.05) is 31.3 Å². The monoisotopic (exact) mass is 404 g/mol. The van der Waals surface area contributed by atoms with E-state index >= 15 is 0 Å². The van der Waals surface area contributed by atoms with Crippen LogP contribution in [0.4, 0.5) is 11.4 Å². The van der Waals surface area contributed by atoms with Crippen LogP contribution in [0.15, 0.2) is 58.5 Å². The average Bonchev–Trinajstić information content (AvgIpc) is 2.69. The lowest BCUT2D eigenvalue weighted by molar-refractivity contribution is -0.384. The van der Waals surface area contributed by atoms with Crippen molar-refractivity contribution >= 4 is 27.6 Å². The second-order valence-electron chi connectivity index (χ2n) is 6.11. The maximum atomic E-state index is 12.6. The lowest BCUT2D eigenvalue weighted by Crippen LogP contribution is -2.30. The number of hydrazone groups is 1. The highest BCUT2D eigenvalue weighted by atomic mass is 32.2. The molecule has 0 aliphatic heterocycles. The van der Waals surface area contributed by atoms with Gasteiger partial charge in [-0.15, -0.1) is 0 Å². The molecule has 0 radical (unpaired) electrons. The molecular formula is C19H24N4O4S. The molecule has 2 rings (SSSR count). The summed E-state index contributed by atoms with van der Waals surface area (Å²) < 4.78 is 26.4. The highest BCUT2D eigenvalue weighted by Gasteiger charge is 2.25. The van der Waals surface area contributed by atoms with Gasteiger partial charge in [-0.2, -0.15) is 9.41 Å². The first-order valence-electron chi connectivity index (χ1n) is 8.94. The highest BCUT2D eigenvalue weighted by molar-refractivity contribution is 7.89. The number of benzene rings is 2. The number of rotatable bonds is 9. The van der Waals surface area contributed by atoms with E-state index in [9.17, 15) is 18.5 Å². The van der Waals surface area contributed by atoms with Crippen molar-refractivity contribution in [3.05, 3.63) is 64.2 Å². The van der Waals surface area contributed by atoms with Crippen molar-refractivity contribution in [1.29, 1.82) is 0 Å². The van der Waals surface area contributed by atoms with Gasteiger partial charge < -0.3 is 0 Å². The largest absolute Gasteiger partial charge is 0.295 e. The fourth-order valence-corrected chi connectivity index (χ4v) is 4.17. The van der Waals surface area contributed by atoms with E-state index in [4.69, 9.17) is 0 Å². The number of hydrogen-bond acceptors (Lipinski definition) is 6. The third-order valence-electron chi connectivity index (χ3n) is 4.32. The van der Waals surface area contributed by atoms with E-state index in [2.05, 4.69) is 10.5 Å². The van der Waals surface area contributed by atoms with Crippen molar-refractivity contribution in [2.75, 3.05) is 18.5 Å². The Kier molecular flexibility index (Phi) is 7.24. The van der Waals surface area contributed by atoms with Crippen LogP contribution in [0.5, 0.6) is 0 Å². The van der Waals surface area contributed by atoms with Gasteiger partial charge in [0.15, 0.2) is 0 Å². The van der Waals surface area contributed by atoms with Crippen LogP contribution in [0, 0.1) is 10.1 Å². The molecule has 0 heterocycles. The zero-order valence-electron chi connectivity index (χ0n) is 16.1. The standard InChI is InChI=1S/C19H24N4O4S/c1-4-22(5-2)28(26,27)17-11-12-18(19(13-17)23(24)25)21-20-14-15(3)16-9-7-6-8-10-16/h6-15,21H,4-5H2,1-3H3/b20-14-/t15-/m0/s1. The van der Waals surface area contributed by atoms with Crippen LogP contribution in [0.1, 0.15) is 32.3 Å². The third-order valence-corrected chi connectivity index (χ3v) is 6.36. The predicted octanol–water partition coefficient (Wildman–Crippen LogP) is 3.83. The molecule has 150 valence electrons. The van der Waals surface area contributed by atoms with E-state index in [1.807, 2.05) is 37.3 Å². The van der Waals surface area contributed by atoms with E-state index in [1.54, 1.807) is 20.1 Å². The Hall–Kier alpha value is -2.78. The molecule has 0 spiro atoms. The number of sulfonamides is 1. The van der Waals surface area contributed by atoms with Crippen LogP contribution in [0.3, 0.4) is 0 Å². The first kappa shape index (κ1) is 21.5. The Morgan fingerprint density at radius 1 is 1.18 bits per heavy atom. The van der Waals surface area contributed by atoms with Crippen LogP contribution in [0.25, 0.3) is 0 Å². The van der Waals surface area contributed by atoms with Crippen molar-refractivity contribution in [1.82, 2.24) is 4.31 Å². The maximum absolute atomic E-state index is 12.6. The molecule has 0 fully saturated rings. The minimum absolute atomic E-state index is 0.00933. The first-order chi connectivity index (χ1) is 13.3. The van der Waals surface area contributed by atoms with Crippen LogP contribution < -0.4 is 5.43 Å². The summed E-state index contributed by atoms with van der Waals surface area (Å²) in [5, 5.41) is 15.5. The van der Waals surface area contributed by atoms with Gasteiger partial charge >= 0.3 is 0 Å². The van der Waals surface area contributed by atoms with Crippen molar-refractivity contribution in [3.63, 3.8) is 0 Å². The van der Waals surface area contributed by atoms with Crippen LogP contribution in [-0.4, -0.2) is 37.0 Å². The molecule has 28 heavy (non-hydrogen) atoms. The van der Waals surface area contributed by atoms with Gasteiger partial charge in [0.1, 0.15) is 5.69 Å². The molecule has 0 unspecified atom stereocenters. The van der Waals surface area contributed by atoms with E-state index in [1.165, 1.54) is 16.4 Å². The molecule has 0 saturated heterocycles. The second kappa shape index (κ2) is 9.43. The van der Waals surface area contributed by atoms with Crippen LogP contribution >= 0.6 is 0 Å². The molecule has 0 saturated carbocycles. The molecule has 2 aromatic rings. The fourth-order valence-electron chi connectivity index (χ4n) is 2.69. The summed E-state index contributed by atoms with van der Waals surface area (Å²) in [7, 11) is -3.78. The van der Waals surface area contributed by atoms with Crippen molar-refractivity contribution in [2.45, 2.75) is 31.6 Å². The number of nitrogens with zero attached hydrogens (tertiary/aromatic N) is 3. The molecule has 8 nitrogen and oxygen atoms in total. The number of anilines is 1. The van der Waals surface area contributed by atoms with E-state index in [0.717, 1.165) is 11.6 Å². The molecule has 1 N–H and O–H groups in total. The molecule has 1 atom stereocenters. The highest BCUT2D eigenvalue weighted by Crippen LogP contribution is 2.29. The summed E-state index contributed by atoms with van der Waals surface area (Å²) in [5.41, 5.74) is 3.48. The molecule has 0 amide bonds. The summed E-state index contributed by atoms with van der Waals surface area (Å²) in [5.74, 6) is 0.00933. The average molecular weight is 404 g/mol. The molecule has 0 aliphatic rings. The number of nitrogens with one attached hydrogen (secondary N) is 1. The quantitative estimate of drug-likeness (QED) is 0.388. The van der Waals surface area contributed by atoms with Gasteiger partial charge in [-0.3, -0.25) is 15.5 Å².